The normalized spacial score (nSPS) is 19.8. The molecule has 2 aliphatic rings. The zero-order valence-corrected chi connectivity index (χ0v) is 19.9. The lowest BCUT2D eigenvalue weighted by atomic mass is 9.78. The van der Waals surface area contributed by atoms with Gasteiger partial charge in [0.05, 0.1) is 6.61 Å². The van der Waals surface area contributed by atoms with Gasteiger partial charge in [-0.05, 0) is 41.0 Å². The molecule has 1 fully saturated rings. The Hall–Kier alpha value is -3.39. The fourth-order valence-corrected chi connectivity index (χ4v) is 5.28. The second-order valence-corrected chi connectivity index (χ2v) is 9.21. The van der Waals surface area contributed by atoms with E-state index < -0.39 is 18.1 Å². The molecule has 3 unspecified atom stereocenters. The number of carbonyl (C=O) groups is 3. The number of benzene rings is 2. The lowest BCUT2D eigenvalue weighted by Crippen LogP contribution is -2.49. The molecule has 2 amide bonds. The van der Waals surface area contributed by atoms with Crippen molar-refractivity contribution in [2.75, 3.05) is 26.9 Å². The average molecular weight is 481 g/mol. The largest absolute Gasteiger partial charge is 0.480 e. The molecule has 186 valence electrons. The molecular formula is C27H32N2O6. The number of rotatable bonds is 9. The number of methoxy groups -OCH3 is 1. The summed E-state index contributed by atoms with van der Waals surface area (Å²) in [6.45, 7) is 0.430. The molecule has 0 saturated heterocycles. The molecule has 1 saturated carbocycles. The van der Waals surface area contributed by atoms with Gasteiger partial charge < -0.3 is 25.2 Å². The van der Waals surface area contributed by atoms with Crippen molar-refractivity contribution < 1.29 is 29.0 Å². The van der Waals surface area contributed by atoms with Gasteiger partial charge >= 0.3 is 12.1 Å². The van der Waals surface area contributed by atoms with Crippen LogP contribution in [0.5, 0.6) is 0 Å². The molecule has 2 aliphatic carbocycles. The number of fused-ring (bicyclic) bond motifs is 3. The van der Waals surface area contributed by atoms with E-state index >= 15 is 0 Å². The summed E-state index contributed by atoms with van der Waals surface area (Å²) >= 11 is 0. The fraction of sp³-hybridized carbons (Fsp3) is 0.444. The fourth-order valence-electron chi connectivity index (χ4n) is 5.28. The van der Waals surface area contributed by atoms with Crippen LogP contribution in [-0.4, -0.2) is 56.0 Å². The first-order valence-electron chi connectivity index (χ1n) is 12.1. The number of amides is 2. The third kappa shape index (κ3) is 5.65. The number of carboxylic acids is 1. The van der Waals surface area contributed by atoms with Crippen LogP contribution < -0.4 is 10.6 Å². The maximum Gasteiger partial charge on any atom is 0.407 e. The van der Waals surface area contributed by atoms with E-state index in [0.29, 0.717) is 13.0 Å². The third-order valence-electron chi connectivity index (χ3n) is 7.05. The zero-order chi connectivity index (χ0) is 24.8. The summed E-state index contributed by atoms with van der Waals surface area (Å²) in [5.41, 5.74) is 4.63. The van der Waals surface area contributed by atoms with Crippen LogP contribution >= 0.6 is 0 Å². The van der Waals surface area contributed by atoms with Crippen molar-refractivity contribution >= 4 is 18.0 Å². The Morgan fingerprint density at radius 1 is 1.00 bits per heavy atom. The third-order valence-corrected chi connectivity index (χ3v) is 7.05. The van der Waals surface area contributed by atoms with Crippen LogP contribution in [0.1, 0.15) is 42.7 Å². The van der Waals surface area contributed by atoms with Gasteiger partial charge in [0.15, 0.2) is 6.04 Å². The highest BCUT2D eigenvalue weighted by atomic mass is 16.5. The molecule has 3 N–H and O–H groups in total. The number of carbonyl (C=O) groups excluding carboxylic acids is 2. The molecule has 4 rings (SSSR count). The highest BCUT2D eigenvalue weighted by molar-refractivity contribution is 5.85. The molecule has 8 heteroatoms. The highest BCUT2D eigenvalue weighted by Gasteiger charge is 2.34. The summed E-state index contributed by atoms with van der Waals surface area (Å²) in [7, 11) is 1.39. The smallest absolute Gasteiger partial charge is 0.407 e. The summed E-state index contributed by atoms with van der Waals surface area (Å²) in [5.74, 6) is -1.91. The van der Waals surface area contributed by atoms with Gasteiger partial charge in [0.2, 0.25) is 5.91 Å². The Labute approximate surface area is 205 Å². The molecule has 35 heavy (non-hydrogen) atoms. The zero-order valence-electron chi connectivity index (χ0n) is 19.9. The number of hydrogen-bond donors (Lipinski definition) is 3. The van der Waals surface area contributed by atoms with Gasteiger partial charge in [0.25, 0.3) is 0 Å². The molecular weight excluding hydrogens is 448 g/mol. The van der Waals surface area contributed by atoms with Crippen molar-refractivity contribution in [3.8, 4) is 11.1 Å². The minimum Gasteiger partial charge on any atom is -0.480 e. The van der Waals surface area contributed by atoms with Crippen molar-refractivity contribution in [2.24, 2.45) is 11.8 Å². The van der Waals surface area contributed by atoms with E-state index in [2.05, 4.69) is 34.9 Å². The number of alkyl carbamates (subject to hydrolysis) is 1. The van der Waals surface area contributed by atoms with Gasteiger partial charge in [-0.2, -0.15) is 0 Å². The van der Waals surface area contributed by atoms with Crippen LogP contribution in [0.15, 0.2) is 48.5 Å². The van der Waals surface area contributed by atoms with Crippen molar-refractivity contribution in [3.05, 3.63) is 59.7 Å². The molecule has 3 atom stereocenters. The van der Waals surface area contributed by atoms with Gasteiger partial charge in [-0.3, -0.25) is 4.79 Å². The summed E-state index contributed by atoms with van der Waals surface area (Å²) in [6.07, 6.45) is 2.77. The molecule has 0 bridgehead atoms. The van der Waals surface area contributed by atoms with E-state index in [4.69, 9.17) is 9.47 Å². The molecule has 2 aromatic carbocycles. The van der Waals surface area contributed by atoms with Crippen LogP contribution in [0.25, 0.3) is 11.1 Å². The van der Waals surface area contributed by atoms with Crippen molar-refractivity contribution in [2.45, 2.75) is 37.6 Å². The minimum atomic E-state index is -1.13. The summed E-state index contributed by atoms with van der Waals surface area (Å²) in [5, 5.41) is 14.7. The van der Waals surface area contributed by atoms with E-state index in [1.807, 2.05) is 24.3 Å². The Morgan fingerprint density at radius 2 is 1.63 bits per heavy atom. The SMILES string of the molecule is COCC(NC(=O)C1CCCCC1CNC(=O)OCC1c2ccccc2-c2ccccc21)C(=O)O. The molecule has 2 aromatic rings. The van der Waals surface area contributed by atoms with Gasteiger partial charge in [0.1, 0.15) is 6.61 Å². The van der Waals surface area contributed by atoms with Crippen molar-refractivity contribution in [3.63, 3.8) is 0 Å². The Kier molecular flexibility index (Phi) is 8.02. The molecule has 0 aromatic heterocycles. The quantitative estimate of drug-likeness (QED) is 0.506. The molecule has 8 nitrogen and oxygen atoms in total. The topological polar surface area (TPSA) is 114 Å². The van der Waals surface area contributed by atoms with Gasteiger partial charge in [-0.15, -0.1) is 0 Å². The summed E-state index contributed by atoms with van der Waals surface area (Å²) in [4.78, 5) is 36.7. The Bertz CT molecular complexity index is 1030. The summed E-state index contributed by atoms with van der Waals surface area (Å²) in [6, 6.07) is 15.2. The summed E-state index contributed by atoms with van der Waals surface area (Å²) < 4.78 is 10.5. The second kappa shape index (κ2) is 11.4. The maximum atomic E-state index is 12.8. The average Bonchev–Trinajstić information content (AvgIpc) is 3.19. The second-order valence-electron chi connectivity index (χ2n) is 9.21. The van der Waals surface area contributed by atoms with Crippen molar-refractivity contribution in [1.29, 1.82) is 0 Å². The van der Waals surface area contributed by atoms with Crippen LogP contribution in [0.2, 0.25) is 0 Å². The number of carboxylic acid groups (broad SMARTS) is 1. The first-order valence-corrected chi connectivity index (χ1v) is 12.1. The van der Waals surface area contributed by atoms with E-state index in [1.165, 1.54) is 18.2 Å². The number of nitrogens with one attached hydrogen (secondary N) is 2. The van der Waals surface area contributed by atoms with Crippen LogP contribution in [-0.2, 0) is 19.1 Å². The van der Waals surface area contributed by atoms with Gasteiger partial charge in [0, 0.05) is 25.5 Å². The lowest BCUT2D eigenvalue weighted by Gasteiger charge is -2.31. The number of hydrogen-bond acceptors (Lipinski definition) is 5. The standard InChI is InChI=1S/C27H32N2O6/c1-34-16-24(26(31)32)29-25(30)18-9-3-2-8-17(18)14-28-27(33)35-15-23-21-12-6-4-10-19(21)20-11-5-7-13-22(20)23/h4-7,10-13,17-18,23-24H,2-3,8-9,14-16H2,1H3,(H,28,33)(H,29,30)(H,31,32). The maximum absolute atomic E-state index is 12.8. The van der Waals surface area contributed by atoms with Gasteiger partial charge in [-0.1, -0.05) is 61.4 Å². The predicted molar refractivity (Wildman–Crippen MR) is 130 cm³/mol. The van der Waals surface area contributed by atoms with Crippen LogP contribution in [0, 0.1) is 11.8 Å². The van der Waals surface area contributed by atoms with Crippen LogP contribution in [0.3, 0.4) is 0 Å². The van der Waals surface area contributed by atoms with E-state index in [1.54, 1.807) is 0 Å². The Morgan fingerprint density at radius 3 is 2.26 bits per heavy atom. The van der Waals surface area contributed by atoms with Crippen molar-refractivity contribution in [1.82, 2.24) is 10.6 Å². The molecule has 0 radical (unpaired) electrons. The minimum absolute atomic E-state index is 0.0184. The Balaban J connectivity index is 1.32. The highest BCUT2D eigenvalue weighted by Crippen LogP contribution is 2.44. The predicted octanol–water partition coefficient (Wildman–Crippen LogP) is 3.55. The first-order chi connectivity index (χ1) is 17.0. The van der Waals surface area contributed by atoms with E-state index in [-0.39, 0.29) is 36.9 Å². The molecule has 0 aliphatic heterocycles. The monoisotopic (exact) mass is 480 g/mol. The first kappa shape index (κ1) is 24.7. The van der Waals surface area contributed by atoms with Crippen LogP contribution in [0.4, 0.5) is 4.79 Å². The number of aliphatic carboxylic acids is 1. The van der Waals surface area contributed by atoms with Gasteiger partial charge in [-0.25, -0.2) is 9.59 Å². The molecule has 0 heterocycles. The van der Waals surface area contributed by atoms with E-state index in [0.717, 1.165) is 30.4 Å². The lowest BCUT2D eigenvalue weighted by molar-refractivity contribution is -0.144. The molecule has 0 spiro atoms. The van der Waals surface area contributed by atoms with E-state index in [9.17, 15) is 19.5 Å². The number of ether oxygens (including phenoxy) is 2.